The number of amides is 1. The van der Waals surface area contributed by atoms with Crippen LogP contribution in [0.5, 0.6) is 0 Å². The Morgan fingerprint density at radius 3 is 2.71 bits per heavy atom. The number of nitrogens with two attached hydrogens (primary N) is 1. The Hall–Kier alpha value is -0.830. The summed E-state index contributed by atoms with van der Waals surface area (Å²) >= 11 is 3.55. The van der Waals surface area contributed by atoms with Crippen LogP contribution in [0.3, 0.4) is 0 Å². The van der Waals surface area contributed by atoms with Gasteiger partial charge in [0, 0.05) is 10.4 Å². The van der Waals surface area contributed by atoms with Gasteiger partial charge in [0.05, 0.1) is 0 Å². The van der Waals surface area contributed by atoms with Crippen molar-refractivity contribution in [3.8, 4) is 0 Å². The van der Waals surface area contributed by atoms with E-state index in [9.17, 15) is 4.79 Å². The molecule has 1 fully saturated rings. The standard InChI is InChI=1S/C11H12BrNO/c12-10-6-8(10)5-7-3-1-2-4-9(7)11(13)14/h1-4,8,10H,5-6H2,(H2,13,14). The van der Waals surface area contributed by atoms with Gasteiger partial charge in [-0.25, -0.2) is 0 Å². The molecule has 0 saturated heterocycles. The van der Waals surface area contributed by atoms with E-state index in [1.807, 2.05) is 18.2 Å². The van der Waals surface area contributed by atoms with Crippen molar-refractivity contribution in [3.63, 3.8) is 0 Å². The van der Waals surface area contributed by atoms with E-state index in [2.05, 4.69) is 15.9 Å². The number of primary amides is 1. The van der Waals surface area contributed by atoms with Gasteiger partial charge in [-0.2, -0.15) is 0 Å². The first kappa shape index (κ1) is 9.71. The Morgan fingerprint density at radius 2 is 2.14 bits per heavy atom. The topological polar surface area (TPSA) is 43.1 Å². The summed E-state index contributed by atoms with van der Waals surface area (Å²) in [5.41, 5.74) is 7.04. The summed E-state index contributed by atoms with van der Waals surface area (Å²) in [5.74, 6) is 0.350. The number of alkyl halides is 1. The molecule has 1 aliphatic rings. The SMILES string of the molecule is NC(=O)c1ccccc1CC1CC1Br. The van der Waals surface area contributed by atoms with E-state index in [0.717, 1.165) is 12.0 Å². The van der Waals surface area contributed by atoms with Crippen LogP contribution in [0.15, 0.2) is 24.3 Å². The zero-order valence-corrected chi connectivity index (χ0v) is 9.33. The molecule has 0 heterocycles. The fourth-order valence-electron chi connectivity index (χ4n) is 1.64. The van der Waals surface area contributed by atoms with Crippen LogP contribution in [-0.4, -0.2) is 10.7 Å². The van der Waals surface area contributed by atoms with Gasteiger partial charge < -0.3 is 5.73 Å². The van der Waals surface area contributed by atoms with Gasteiger partial charge in [-0.1, -0.05) is 34.1 Å². The zero-order chi connectivity index (χ0) is 10.1. The second-order valence-electron chi connectivity index (χ2n) is 3.74. The fourth-order valence-corrected chi connectivity index (χ4v) is 2.31. The van der Waals surface area contributed by atoms with Crippen LogP contribution in [0, 0.1) is 5.92 Å². The average molecular weight is 254 g/mol. The van der Waals surface area contributed by atoms with Crippen molar-refractivity contribution in [2.45, 2.75) is 17.7 Å². The molecular weight excluding hydrogens is 242 g/mol. The van der Waals surface area contributed by atoms with E-state index < -0.39 is 0 Å². The molecule has 2 nitrogen and oxygen atoms in total. The molecule has 3 heteroatoms. The molecule has 1 saturated carbocycles. The monoisotopic (exact) mass is 253 g/mol. The molecule has 2 unspecified atom stereocenters. The lowest BCUT2D eigenvalue weighted by molar-refractivity contribution is 0.0999. The molecule has 2 rings (SSSR count). The van der Waals surface area contributed by atoms with Crippen molar-refractivity contribution in [1.82, 2.24) is 0 Å². The number of carbonyl (C=O) groups excluding carboxylic acids is 1. The first-order valence-corrected chi connectivity index (χ1v) is 5.62. The first-order valence-electron chi connectivity index (χ1n) is 4.70. The molecule has 1 aromatic carbocycles. The average Bonchev–Trinajstić information content (AvgIpc) is 2.82. The third kappa shape index (κ3) is 1.98. The smallest absolute Gasteiger partial charge is 0.248 e. The van der Waals surface area contributed by atoms with E-state index in [1.165, 1.54) is 6.42 Å². The number of benzene rings is 1. The lowest BCUT2D eigenvalue weighted by atomic mass is 10.0. The zero-order valence-electron chi connectivity index (χ0n) is 7.74. The lowest BCUT2D eigenvalue weighted by Gasteiger charge is -2.04. The number of hydrogen-bond donors (Lipinski definition) is 1. The van der Waals surface area contributed by atoms with E-state index in [1.54, 1.807) is 6.07 Å². The minimum atomic E-state index is -0.327. The molecule has 0 aliphatic heterocycles. The highest BCUT2D eigenvalue weighted by atomic mass is 79.9. The molecular formula is C11H12BrNO. The Morgan fingerprint density at radius 1 is 1.50 bits per heavy atom. The summed E-state index contributed by atoms with van der Waals surface area (Å²) in [6.45, 7) is 0. The Balaban J connectivity index is 2.19. The molecule has 0 aromatic heterocycles. The van der Waals surface area contributed by atoms with Crippen LogP contribution in [0.2, 0.25) is 0 Å². The van der Waals surface area contributed by atoms with E-state index in [4.69, 9.17) is 5.73 Å². The van der Waals surface area contributed by atoms with Crippen molar-refractivity contribution in [2.75, 3.05) is 0 Å². The second kappa shape index (κ2) is 3.73. The Labute approximate surface area is 91.6 Å². The van der Waals surface area contributed by atoms with Crippen molar-refractivity contribution in [2.24, 2.45) is 11.7 Å². The van der Waals surface area contributed by atoms with Gasteiger partial charge in [-0.15, -0.1) is 0 Å². The molecule has 1 aliphatic carbocycles. The van der Waals surface area contributed by atoms with Gasteiger partial charge >= 0.3 is 0 Å². The summed E-state index contributed by atoms with van der Waals surface area (Å²) in [4.78, 5) is 11.7. The molecule has 0 bridgehead atoms. The normalized spacial score (nSPS) is 24.6. The first-order chi connectivity index (χ1) is 6.68. The maximum atomic E-state index is 11.1. The summed E-state index contributed by atoms with van der Waals surface area (Å²) in [6.07, 6.45) is 2.15. The molecule has 14 heavy (non-hydrogen) atoms. The van der Waals surface area contributed by atoms with E-state index >= 15 is 0 Å². The molecule has 2 atom stereocenters. The number of carbonyl (C=O) groups is 1. The lowest BCUT2D eigenvalue weighted by Crippen LogP contribution is -2.13. The maximum Gasteiger partial charge on any atom is 0.248 e. The minimum absolute atomic E-state index is 0.327. The summed E-state index contributed by atoms with van der Waals surface area (Å²) in [7, 11) is 0. The minimum Gasteiger partial charge on any atom is -0.366 e. The van der Waals surface area contributed by atoms with E-state index in [-0.39, 0.29) is 5.91 Å². The van der Waals surface area contributed by atoms with Crippen LogP contribution in [-0.2, 0) is 6.42 Å². The third-order valence-electron chi connectivity index (χ3n) is 2.60. The third-order valence-corrected chi connectivity index (χ3v) is 3.72. The molecule has 1 amide bonds. The van der Waals surface area contributed by atoms with Gasteiger partial charge in [-0.05, 0) is 30.4 Å². The van der Waals surface area contributed by atoms with Crippen molar-refractivity contribution in [3.05, 3.63) is 35.4 Å². The summed E-state index contributed by atoms with van der Waals surface area (Å²) in [6, 6.07) is 7.58. The van der Waals surface area contributed by atoms with Gasteiger partial charge in [-0.3, -0.25) is 4.79 Å². The highest BCUT2D eigenvalue weighted by Gasteiger charge is 2.34. The molecule has 0 radical (unpaired) electrons. The van der Waals surface area contributed by atoms with Crippen LogP contribution in [0.25, 0.3) is 0 Å². The van der Waals surface area contributed by atoms with Crippen LogP contribution in [0.4, 0.5) is 0 Å². The highest BCUT2D eigenvalue weighted by Crippen LogP contribution is 2.40. The molecule has 0 spiro atoms. The Bertz CT molecular complexity index is 364. The number of rotatable bonds is 3. The van der Waals surface area contributed by atoms with Gasteiger partial charge in [0.25, 0.3) is 0 Å². The van der Waals surface area contributed by atoms with Crippen LogP contribution < -0.4 is 5.73 Å². The predicted molar refractivity (Wildman–Crippen MR) is 59.5 cm³/mol. The van der Waals surface area contributed by atoms with Crippen molar-refractivity contribution < 1.29 is 4.79 Å². The van der Waals surface area contributed by atoms with Crippen molar-refractivity contribution >= 4 is 21.8 Å². The van der Waals surface area contributed by atoms with Gasteiger partial charge in [0.1, 0.15) is 0 Å². The molecule has 1 aromatic rings. The van der Waals surface area contributed by atoms with Crippen LogP contribution in [0.1, 0.15) is 22.3 Å². The van der Waals surface area contributed by atoms with Gasteiger partial charge in [0.2, 0.25) is 5.91 Å². The van der Waals surface area contributed by atoms with E-state index in [0.29, 0.717) is 16.3 Å². The number of halogens is 1. The number of hydrogen-bond acceptors (Lipinski definition) is 1. The fraction of sp³-hybridized carbons (Fsp3) is 0.364. The second-order valence-corrected chi connectivity index (χ2v) is 4.91. The predicted octanol–water partition coefficient (Wildman–Crippen LogP) is 2.11. The van der Waals surface area contributed by atoms with Crippen LogP contribution >= 0.6 is 15.9 Å². The highest BCUT2D eigenvalue weighted by molar-refractivity contribution is 9.09. The quantitative estimate of drug-likeness (QED) is 0.825. The summed E-state index contributed by atoms with van der Waals surface area (Å²) in [5, 5.41) is 0. The van der Waals surface area contributed by atoms with Crippen molar-refractivity contribution in [1.29, 1.82) is 0 Å². The van der Waals surface area contributed by atoms with Gasteiger partial charge in [0.15, 0.2) is 0 Å². The largest absolute Gasteiger partial charge is 0.366 e. The molecule has 2 N–H and O–H groups in total. The molecule has 74 valence electrons. The Kier molecular flexibility index (Phi) is 2.59. The maximum absolute atomic E-state index is 11.1. The summed E-state index contributed by atoms with van der Waals surface area (Å²) < 4.78 is 0.